The van der Waals surface area contributed by atoms with Gasteiger partial charge >= 0.3 is 0 Å². The first kappa shape index (κ1) is 23.9. The smallest absolute Gasteiger partial charge is 0.242 e. The van der Waals surface area contributed by atoms with Crippen LogP contribution in [-0.2, 0) is 14.8 Å². The fourth-order valence-electron chi connectivity index (χ4n) is 2.71. The molecule has 0 aliphatic rings. The summed E-state index contributed by atoms with van der Waals surface area (Å²) in [6.07, 6.45) is 0. The van der Waals surface area contributed by atoms with Crippen molar-refractivity contribution in [3.05, 3.63) is 76.8 Å². The van der Waals surface area contributed by atoms with Gasteiger partial charge in [0.15, 0.2) is 5.75 Å². The second-order valence-electron chi connectivity index (χ2n) is 6.68. The summed E-state index contributed by atoms with van der Waals surface area (Å²) in [6, 6.07) is 16.6. The van der Waals surface area contributed by atoms with Gasteiger partial charge in [-0.15, -0.1) is 0 Å². The largest absolute Gasteiger partial charge is 0.495 e. The predicted octanol–water partition coefficient (Wildman–Crippen LogP) is 5.10. The molecule has 0 saturated heterocycles. The van der Waals surface area contributed by atoms with Gasteiger partial charge in [-0.1, -0.05) is 41.4 Å². The fourth-order valence-corrected chi connectivity index (χ4v) is 4.44. The molecule has 7 nitrogen and oxygen atoms in total. The maximum atomic E-state index is 12.7. The van der Waals surface area contributed by atoms with E-state index in [9.17, 15) is 13.2 Å². The van der Waals surface area contributed by atoms with E-state index in [1.165, 1.54) is 38.3 Å². The van der Waals surface area contributed by atoms with E-state index in [0.29, 0.717) is 28.0 Å². The van der Waals surface area contributed by atoms with Gasteiger partial charge in [0.2, 0.25) is 15.9 Å². The number of benzene rings is 3. The number of methoxy groups -OCH3 is 1. The van der Waals surface area contributed by atoms with Crippen LogP contribution < -0.4 is 19.5 Å². The minimum Gasteiger partial charge on any atom is -0.495 e. The van der Waals surface area contributed by atoms with E-state index in [-0.39, 0.29) is 9.92 Å². The SMILES string of the molecule is COc1ccc(S(=O)(=O)N[C@@H](C)C(=O)Nc2cc(Cl)ccc2Oc2ccccc2)cc1Cl. The molecule has 0 aliphatic heterocycles. The Hall–Kier alpha value is -2.78. The average molecular weight is 495 g/mol. The lowest BCUT2D eigenvalue weighted by Gasteiger charge is -2.17. The van der Waals surface area contributed by atoms with Crippen LogP contribution in [0.3, 0.4) is 0 Å². The van der Waals surface area contributed by atoms with Gasteiger partial charge < -0.3 is 14.8 Å². The number of carbonyl (C=O) groups is 1. The Bertz CT molecular complexity index is 1220. The third-order valence-electron chi connectivity index (χ3n) is 4.33. The van der Waals surface area contributed by atoms with Crippen molar-refractivity contribution in [1.29, 1.82) is 0 Å². The molecular weight excluding hydrogens is 475 g/mol. The molecule has 0 fully saturated rings. The van der Waals surface area contributed by atoms with Crippen molar-refractivity contribution in [1.82, 2.24) is 4.72 Å². The molecule has 1 atom stereocenters. The number of hydrogen-bond donors (Lipinski definition) is 2. The number of amides is 1. The second-order valence-corrected chi connectivity index (χ2v) is 9.24. The van der Waals surface area contributed by atoms with Crippen LogP contribution in [-0.4, -0.2) is 27.5 Å². The van der Waals surface area contributed by atoms with Crippen LogP contribution in [0.25, 0.3) is 0 Å². The predicted molar refractivity (Wildman–Crippen MR) is 124 cm³/mol. The number of nitrogens with one attached hydrogen (secondary N) is 2. The zero-order valence-corrected chi connectivity index (χ0v) is 19.5. The Morgan fingerprint density at radius 1 is 0.969 bits per heavy atom. The quantitative estimate of drug-likeness (QED) is 0.454. The van der Waals surface area contributed by atoms with Crippen LogP contribution in [0.5, 0.6) is 17.2 Å². The number of hydrogen-bond acceptors (Lipinski definition) is 5. The molecule has 10 heteroatoms. The molecule has 0 radical (unpaired) electrons. The number of rotatable bonds is 8. The Kier molecular flexibility index (Phi) is 7.63. The number of para-hydroxylation sites is 1. The summed E-state index contributed by atoms with van der Waals surface area (Å²) in [7, 11) is -2.60. The van der Waals surface area contributed by atoms with Gasteiger partial charge in [0.25, 0.3) is 0 Å². The van der Waals surface area contributed by atoms with Crippen LogP contribution in [0.1, 0.15) is 6.92 Å². The average Bonchev–Trinajstić information content (AvgIpc) is 2.76. The zero-order valence-electron chi connectivity index (χ0n) is 17.1. The third-order valence-corrected chi connectivity index (χ3v) is 6.40. The van der Waals surface area contributed by atoms with Gasteiger partial charge in [-0.2, -0.15) is 4.72 Å². The van der Waals surface area contributed by atoms with Gasteiger partial charge in [-0.3, -0.25) is 4.79 Å². The minimum absolute atomic E-state index is 0.0983. The highest BCUT2D eigenvalue weighted by Gasteiger charge is 2.24. The highest BCUT2D eigenvalue weighted by molar-refractivity contribution is 7.89. The fraction of sp³-hybridized carbons (Fsp3) is 0.136. The van der Waals surface area contributed by atoms with Crippen molar-refractivity contribution in [3.8, 4) is 17.2 Å². The number of carbonyl (C=O) groups excluding carboxylic acids is 1. The van der Waals surface area contributed by atoms with E-state index in [4.69, 9.17) is 32.7 Å². The van der Waals surface area contributed by atoms with E-state index < -0.39 is 22.0 Å². The molecule has 0 spiro atoms. The Balaban J connectivity index is 1.75. The Morgan fingerprint density at radius 3 is 2.31 bits per heavy atom. The van der Waals surface area contributed by atoms with E-state index >= 15 is 0 Å². The summed E-state index contributed by atoms with van der Waals surface area (Å²) in [5, 5.41) is 3.16. The summed E-state index contributed by atoms with van der Waals surface area (Å²) in [6.45, 7) is 1.42. The topological polar surface area (TPSA) is 93.7 Å². The van der Waals surface area contributed by atoms with Gasteiger partial charge in [-0.05, 0) is 55.5 Å². The molecular formula is C22H20Cl2N2O5S. The number of anilines is 1. The summed E-state index contributed by atoms with van der Waals surface area (Å²) in [5.41, 5.74) is 0.296. The molecule has 1 amide bonds. The van der Waals surface area contributed by atoms with E-state index in [0.717, 1.165) is 0 Å². The highest BCUT2D eigenvalue weighted by atomic mass is 35.5. The van der Waals surface area contributed by atoms with Crippen LogP contribution in [0.2, 0.25) is 10.0 Å². The molecule has 0 aromatic heterocycles. The molecule has 168 valence electrons. The van der Waals surface area contributed by atoms with E-state index in [1.807, 2.05) is 18.2 Å². The molecule has 3 rings (SSSR count). The van der Waals surface area contributed by atoms with Gasteiger partial charge in [0.05, 0.1) is 28.8 Å². The number of halogens is 2. The summed E-state index contributed by atoms with van der Waals surface area (Å²) < 4.78 is 38.5. The standard InChI is InChI=1S/C22H20Cl2N2O5S/c1-14(26-32(28,29)17-9-11-20(30-2)18(24)13-17)22(27)25-19-12-15(23)8-10-21(19)31-16-6-4-3-5-7-16/h3-14,26H,1-2H3,(H,25,27)/t14-/m0/s1. The molecule has 0 saturated carbocycles. The molecule has 3 aromatic carbocycles. The van der Waals surface area contributed by atoms with Crippen molar-refractivity contribution in [2.45, 2.75) is 17.9 Å². The van der Waals surface area contributed by atoms with Crippen molar-refractivity contribution >= 4 is 44.8 Å². The first-order valence-corrected chi connectivity index (χ1v) is 11.6. The summed E-state index contributed by atoms with van der Waals surface area (Å²) >= 11 is 12.1. The monoisotopic (exact) mass is 494 g/mol. The molecule has 0 bridgehead atoms. The van der Waals surface area contributed by atoms with E-state index in [1.54, 1.807) is 24.3 Å². The van der Waals surface area contributed by atoms with Crippen molar-refractivity contribution in [3.63, 3.8) is 0 Å². The van der Waals surface area contributed by atoms with Crippen LogP contribution in [0.4, 0.5) is 5.69 Å². The van der Waals surface area contributed by atoms with Crippen LogP contribution >= 0.6 is 23.2 Å². The molecule has 0 aliphatic carbocycles. The van der Waals surface area contributed by atoms with Crippen LogP contribution in [0.15, 0.2) is 71.6 Å². The first-order chi connectivity index (χ1) is 15.2. The number of ether oxygens (including phenoxy) is 2. The molecule has 32 heavy (non-hydrogen) atoms. The maximum absolute atomic E-state index is 12.7. The normalized spacial score (nSPS) is 12.1. The molecule has 0 heterocycles. The maximum Gasteiger partial charge on any atom is 0.242 e. The summed E-state index contributed by atoms with van der Waals surface area (Å²) in [4.78, 5) is 12.6. The first-order valence-electron chi connectivity index (χ1n) is 9.39. The molecule has 2 N–H and O–H groups in total. The van der Waals surface area contributed by atoms with Gasteiger partial charge in [0.1, 0.15) is 11.5 Å². The minimum atomic E-state index is -4.02. The van der Waals surface area contributed by atoms with Crippen molar-refractivity contribution in [2.24, 2.45) is 0 Å². The zero-order chi connectivity index (χ0) is 23.3. The lowest BCUT2D eigenvalue weighted by molar-refractivity contribution is -0.117. The lowest BCUT2D eigenvalue weighted by Crippen LogP contribution is -2.41. The van der Waals surface area contributed by atoms with E-state index in [2.05, 4.69) is 10.0 Å². The number of sulfonamides is 1. The molecule has 3 aromatic rings. The van der Waals surface area contributed by atoms with Gasteiger partial charge in [-0.25, -0.2) is 8.42 Å². The van der Waals surface area contributed by atoms with Crippen molar-refractivity contribution < 1.29 is 22.7 Å². The Morgan fingerprint density at radius 2 is 1.66 bits per heavy atom. The van der Waals surface area contributed by atoms with Crippen molar-refractivity contribution in [2.75, 3.05) is 12.4 Å². The Labute approximate surface area is 196 Å². The van der Waals surface area contributed by atoms with Gasteiger partial charge in [0, 0.05) is 5.02 Å². The molecule has 0 unspecified atom stereocenters. The third kappa shape index (κ3) is 5.92. The lowest BCUT2D eigenvalue weighted by atomic mass is 10.2. The highest BCUT2D eigenvalue weighted by Crippen LogP contribution is 2.32. The summed E-state index contributed by atoms with van der Waals surface area (Å²) in [5.74, 6) is 0.651. The second kappa shape index (κ2) is 10.2. The van der Waals surface area contributed by atoms with Crippen LogP contribution in [0, 0.1) is 0 Å².